The summed E-state index contributed by atoms with van der Waals surface area (Å²) < 4.78 is 0. The Bertz CT molecular complexity index is 809. The molecule has 7 heteroatoms. The van der Waals surface area contributed by atoms with Gasteiger partial charge in [-0.2, -0.15) is 0 Å². The number of likely N-dealkylation sites (tertiary alicyclic amines) is 2. The first-order chi connectivity index (χ1) is 15.0. The maximum atomic E-state index is 13.1. The Morgan fingerprint density at radius 2 is 1.61 bits per heavy atom. The molecule has 7 nitrogen and oxygen atoms in total. The van der Waals surface area contributed by atoms with Gasteiger partial charge in [0.1, 0.15) is 6.04 Å². The molecular formula is C24H35N4O3+. The molecule has 168 valence electrons. The fraction of sp³-hybridized carbons (Fsp3) is 0.625. The quantitative estimate of drug-likeness (QED) is 0.746. The highest BCUT2D eigenvalue weighted by Crippen LogP contribution is 2.25. The van der Waals surface area contributed by atoms with Gasteiger partial charge in [-0.3, -0.25) is 14.5 Å². The monoisotopic (exact) mass is 427 g/mol. The van der Waals surface area contributed by atoms with Crippen LogP contribution >= 0.6 is 0 Å². The van der Waals surface area contributed by atoms with E-state index in [0.29, 0.717) is 12.6 Å². The molecule has 1 atom stereocenters. The van der Waals surface area contributed by atoms with Crippen LogP contribution in [0.2, 0.25) is 0 Å². The fourth-order valence-electron chi connectivity index (χ4n) is 5.11. The van der Waals surface area contributed by atoms with Crippen molar-refractivity contribution in [3.8, 4) is 0 Å². The van der Waals surface area contributed by atoms with Crippen LogP contribution in [-0.4, -0.2) is 66.5 Å². The Balaban J connectivity index is 1.33. The van der Waals surface area contributed by atoms with Crippen LogP contribution in [0.15, 0.2) is 24.3 Å². The van der Waals surface area contributed by atoms with E-state index in [-0.39, 0.29) is 17.9 Å². The van der Waals surface area contributed by atoms with Crippen molar-refractivity contribution in [3.05, 3.63) is 29.8 Å². The Morgan fingerprint density at radius 1 is 1.00 bits per heavy atom. The van der Waals surface area contributed by atoms with Gasteiger partial charge in [-0.05, 0) is 38.8 Å². The smallest absolute Gasteiger partial charge is 0.336 e. The molecule has 0 unspecified atom stereocenters. The Labute approximate surface area is 185 Å². The van der Waals surface area contributed by atoms with Crippen molar-refractivity contribution in [3.63, 3.8) is 0 Å². The van der Waals surface area contributed by atoms with Crippen molar-refractivity contribution in [2.75, 3.05) is 37.7 Å². The van der Waals surface area contributed by atoms with Crippen LogP contribution in [-0.2, 0) is 9.59 Å². The predicted molar refractivity (Wildman–Crippen MR) is 119 cm³/mol. The summed E-state index contributed by atoms with van der Waals surface area (Å²) in [5.41, 5.74) is 1.88. The normalized spacial score (nSPS) is 27.5. The highest BCUT2D eigenvalue weighted by molar-refractivity contribution is 6.13. The zero-order valence-electron chi connectivity index (χ0n) is 18.8. The van der Waals surface area contributed by atoms with E-state index in [9.17, 15) is 14.4 Å². The number of anilines is 1. The molecule has 31 heavy (non-hydrogen) atoms. The summed E-state index contributed by atoms with van der Waals surface area (Å²) >= 11 is 0. The van der Waals surface area contributed by atoms with Gasteiger partial charge in [0.05, 0.1) is 13.1 Å². The van der Waals surface area contributed by atoms with Crippen molar-refractivity contribution >= 4 is 23.5 Å². The van der Waals surface area contributed by atoms with Crippen molar-refractivity contribution in [2.24, 2.45) is 5.92 Å². The molecule has 4 amide bonds. The number of imide groups is 1. The number of urea groups is 1. The largest absolute Gasteiger partial charge is 0.342 e. The second-order valence-electron chi connectivity index (χ2n) is 9.35. The van der Waals surface area contributed by atoms with E-state index in [1.54, 1.807) is 11.8 Å². The topological polar surface area (TPSA) is 65.4 Å². The standard InChI is InChI=1S/C24H34N4O3/c1-18-7-9-21(10-8-18)28-19(2)22(29)27(24(28)31)17-25-15-11-20(12-16-25)23(30)26-13-5-3-4-6-14-26/h7-10,19-20H,3-6,11-17H2,1-2H3/p+1/t19-/m1/s1. The predicted octanol–water partition coefficient (Wildman–Crippen LogP) is 1.81. The number of amides is 4. The molecule has 3 aliphatic heterocycles. The highest BCUT2D eigenvalue weighted by atomic mass is 16.2. The highest BCUT2D eigenvalue weighted by Gasteiger charge is 2.45. The third-order valence-electron chi connectivity index (χ3n) is 7.10. The summed E-state index contributed by atoms with van der Waals surface area (Å²) in [6.45, 7) is 7.61. The molecule has 3 fully saturated rings. The maximum absolute atomic E-state index is 13.1. The van der Waals surface area contributed by atoms with Crippen molar-refractivity contribution in [1.82, 2.24) is 9.80 Å². The molecule has 1 N–H and O–H groups in total. The van der Waals surface area contributed by atoms with E-state index in [2.05, 4.69) is 4.90 Å². The minimum absolute atomic E-state index is 0.0924. The van der Waals surface area contributed by atoms with Gasteiger partial charge in [0, 0.05) is 37.5 Å². The number of rotatable bonds is 4. The molecule has 0 spiro atoms. The third-order valence-corrected chi connectivity index (χ3v) is 7.10. The minimum atomic E-state index is -0.489. The molecule has 3 heterocycles. The molecular weight excluding hydrogens is 392 g/mol. The molecule has 0 saturated carbocycles. The first-order valence-corrected chi connectivity index (χ1v) is 11.8. The van der Waals surface area contributed by atoms with Gasteiger partial charge in [-0.25, -0.2) is 9.69 Å². The molecule has 0 radical (unpaired) electrons. The number of nitrogens with one attached hydrogen (secondary N) is 1. The van der Waals surface area contributed by atoms with Gasteiger partial charge < -0.3 is 9.80 Å². The minimum Gasteiger partial charge on any atom is -0.342 e. The number of hydrogen-bond donors (Lipinski definition) is 1. The lowest BCUT2D eigenvalue weighted by Gasteiger charge is -2.33. The van der Waals surface area contributed by atoms with E-state index >= 15 is 0 Å². The number of nitrogens with zero attached hydrogens (tertiary/aromatic N) is 3. The number of piperidine rings is 1. The average Bonchev–Trinajstić information content (AvgIpc) is 2.98. The van der Waals surface area contributed by atoms with E-state index in [0.717, 1.165) is 63.1 Å². The van der Waals surface area contributed by atoms with Crippen LogP contribution in [0.25, 0.3) is 0 Å². The Hall–Kier alpha value is -2.41. The summed E-state index contributed by atoms with van der Waals surface area (Å²) in [5, 5.41) is 0. The van der Waals surface area contributed by atoms with Crippen LogP contribution in [0.1, 0.15) is 51.0 Å². The van der Waals surface area contributed by atoms with Crippen LogP contribution < -0.4 is 9.80 Å². The number of hydrogen-bond acceptors (Lipinski definition) is 3. The number of aryl methyl sites for hydroxylation is 1. The van der Waals surface area contributed by atoms with Gasteiger partial charge in [0.15, 0.2) is 6.67 Å². The molecule has 4 rings (SSSR count). The van der Waals surface area contributed by atoms with Gasteiger partial charge >= 0.3 is 6.03 Å². The van der Waals surface area contributed by atoms with Gasteiger partial charge in [0.25, 0.3) is 5.91 Å². The molecule has 1 aromatic rings. The maximum Gasteiger partial charge on any atom is 0.336 e. The molecule has 0 aliphatic carbocycles. The van der Waals surface area contributed by atoms with Crippen LogP contribution in [0, 0.1) is 12.8 Å². The average molecular weight is 428 g/mol. The van der Waals surface area contributed by atoms with Crippen molar-refractivity contribution < 1.29 is 19.3 Å². The van der Waals surface area contributed by atoms with E-state index in [1.807, 2.05) is 31.2 Å². The van der Waals surface area contributed by atoms with Gasteiger partial charge in [-0.15, -0.1) is 0 Å². The van der Waals surface area contributed by atoms with E-state index in [1.165, 1.54) is 22.6 Å². The first-order valence-electron chi connectivity index (χ1n) is 11.8. The Morgan fingerprint density at radius 3 is 2.23 bits per heavy atom. The lowest BCUT2D eigenvalue weighted by Crippen LogP contribution is -3.14. The summed E-state index contributed by atoms with van der Waals surface area (Å²) in [7, 11) is 0. The zero-order valence-corrected chi connectivity index (χ0v) is 18.8. The Kier molecular flexibility index (Phi) is 6.60. The van der Waals surface area contributed by atoms with Crippen molar-refractivity contribution in [1.29, 1.82) is 0 Å². The van der Waals surface area contributed by atoms with E-state index in [4.69, 9.17) is 0 Å². The van der Waals surface area contributed by atoms with Crippen molar-refractivity contribution in [2.45, 2.75) is 58.4 Å². The summed E-state index contributed by atoms with van der Waals surface area (Å²) in [5.74, 6) is 0.268. The van der Waals surface area contributed by atoms with Gasteiger partial charge in [0.2, 0.25) is 5.91 Å². The first kappa shape index (κ1) is 21.8. The number of carbonyl (C=O) groups excluding carboxylic acids is 3. The number of quaternary nitrogens is 1. The van der Waals surface area contributed by atoms with Crippen LogP contribution in [0.5, 0.6) is 0 Å². The lowest BCUT2D eigenvalue weighted by atomic mass is 9.95. The van der Waals surface area contributed by atoms with Crippen LogP contribution in [0.3, 0.4) is 0 Å². The van der Waals surface area contributed by atoms with E-state index < -0.39 is 6.04 Å². The molecule has 3 saturated heterocycles. The SMILES string of the molecule is Cc1ccc(N2C(=O)N(C[NH+]3CCC(C(=O)N4CCCCCC4)CC3)C(=O)[C@H]2C)cc1. The number of benzene rings is 1. The zero-order chi connectivity index (χ0) is 22.0. The summed E-state index contributed by atoms with van der Waals surface area (Å²) in [6, 6.07) is 6.98. The molecule has 0 aromatic heterocycles. The lowest BCUT2D eigenvalue weighted by molar-refractivity contribution is -0.912. The molecule has 0 bridgehead atoms. The summed E-state index contributed by atoms with van der Waals surface area (Å²) in [6.07, 6.45) is 6.34. The number of carbonyl (C=O) groups is 3. The second kappa shape index (κ2) is 9.39. The fourth-order valence-corrected chi connectivity index (χ4v) is 5.11. The third kappa shape index (κ3) is 4.61. The molecule has 3 aliphatic rings. The van der Waals surface area contributed by atoms with Crippen LogP contribution in [0.4, 0.5) is 10.5 Å². The van der Waals surface area contributed by atoms with Gasteiger partial charge in [-0.1, -0.05) is 30.5 Å². The second-order valence-corrected chi connectivity index (χ2v) is 9.35. The molecule has 1 aromatic carbocycles. The summed E-state index contributed by atoms with van der Waals surface area (Å²) in [4.78, 5) is 45.1.